The van der Waals surface area contributed by atoms with E-state index in [1.54, 1.807) is 12.3 Å². The van der Waals surface area contributed by atoms with Gasteiger partial charge in [-0.15, -0.1) is 0 Å². The number of hydrogen-bond acceptors (Lipinski definition) is 5. The Labute approximate surface area is 226 Å². The topological polar surface area (TPSA) is 87.5 Å². The molecule has 1 saturated heterocycles. The van der Waals surface area contributed by atoms with Crippen LogP contribution in [0.5, 0.6) is 0 Å². The van der Waals surface area contributed by atoms with Gasteiger partial charge < -0.3 is 14.6 Å². The number of sulfonamides is 1. The molecule has 190 valence electrons. The number of benzene rings is 2. The minimum Gasteiger partial charge on any atom is -0.459 e. The molecule has 5 rings (SSSR count). The summed E-state index contributed by atoms with van der Waals surface area (Å²) in [4.78, 5) is 6.56. The first-order valence-corrected chi connectivity index (χ1v) is 14.2. The second-order valence-corrected chi connectivity index (χ2v) is 11.6. The lowest BCUT2D eigenvalue weighted by Gasteiger charge is -2.26. The molecule has 4 aromatic rings. The zero-order valence-electron chi connectivity index (χ0n) is 20.4. The van der Waals surface area contributed by atoms with Gasteiger partial charge in [0, 0.05) is 22.5 Å². The van der Waals surface area contributed by atoms with E-state index >= 15 is 0 Å². The zero-order valence-corrected chi connectivity index (χ0v) is 22.8. The molecule has 2 aromatic carbocycles. The van der Waals surface area contributed by atoms with Crippen molar-refractivity contribution in [2.24, 2.45) is 0 Å². The summed E-state index contributed by atoms with van der Waals surface area (Å²) in [7, 11) is -3.40. The van der Waals surface area contributed by atoms with E-state index in [1.807, 2.05) is 79.4 Å². The fraction of sp³-hybridized carbons (Fsp3) is 0.185. The quantitative estimate of drug-likeness (QED) is 0.277. The first-order chi connectivity index (χ1) is 17.6. The van der Waals surface area contributed by atoms with Gasteiger partial charge in [0.1, 0.15) is 17.6 Å². The van der Waals surface area contributed by atoms with Gasteiger partial charge in [-0.1, -0.05) is 29.8 Å². The molecule has 2 atom stereocenters. The van der Waals surface area contributed by atoms with Gasteiger partial charge in [0.2, 0.25) is 10.0 Å². The Balaban J connectivity index is 1.58. The molecule has 0 radical (unpaired) electrons. The van der Waals surface area contributed by atoms with Gasteiger partial charge in [-0.05, 0) is 85.7 Å². The fourth-order valence-corrected chi connectivity index (χ4v) is 5.60. The molecular weight excluding hydrogens is 528 g/mol. The number of aryl methyl sites for hydroxylation is 2. The highest BCUT2D eigenvalue weighted by Gasteiger charge is 2.42. The molecule has 1 fully saturated rings. The number of thiocarbonyl (C=S) groups is 1. The largest absolute Gasteiger partial charge is 0.459 e. The number of rotatable bonds is 6. The molecule has 0 amide bonds. The van der Waals surface area contributed by atoms with Crippen molar-refractivity contribution in [1.29, 1.82) is 0 Å². The maximum absolute atomic E-state index is 11.8. The molecule has 0 unspecified atom stereocenters. The Bertz CT molecular complexity index is 1590. The van der Waals surface area contributed by atoms with E-state index in [1.165, 1.54) is 0 Å². The van der Waals surface area contributed by atoms with Gasteiger partial charge in [0.05, 0.1) is 23.7 Å². The van der Waals surface area contributed by atoms with Crippen molar-refractivity contribution in [2.45, 2.75) is 25.9 Å². The zero-order chi connectivity index (χ0) is 26.3. The van der Waals surface area contributed by atoms with E-state index in [9.17, 15) is 8.42 Å². The number of halogens is 1. The van der Waals surface area contributed by atoms with Gasteiger partial charge in [-0.2, -0.15) is 0 Å². The minimum atomic E-state index is -3.40. The molecular formula is C27H25ClN4O3S2. The first kappa shape index (κ1) is 25.3. The third-order valence-electron chi connectivity index (χ3n) is 6.26. The Hall–Kier alpha value is -3.40. The molecule has 2 N–H and O–H groups in total. The van der Waals surface area contributed by atoms with Crippen LogP contribution in [-0.2, 0) is 10.0 Å². The Morgan fingerprint density at radius 2 is 1.86 bits per heavy atom. The van der Waals surface area contributed by atoms with Gasteiger partial charge in [-0.25, -0.2) is 8.42 Å². The van der Waals surface area contributed by atoms with Crippen LogP contribution in [0.1, 0.15) is 34.7 Å². The third kappa shape index (κ3) is 5.20. The summed E-state index contributed by atoms with van der Waals surface area (Å²) in [5, 5.41) is 4.59. The summed E-state index contributed by atoms with van der Waals surface area (Å²) in [5.74, 6) is 1.39. The Kier molecular flexibility index (Phi) is 6.70. The standard InChI is InChI=1S/C27H25ClN4O3S2/c1-16-7-8-18(15-20(16)28)23-11-12-24(35-23)26-25(22-6-4-5-13-29-22)30-27(36)32(26)19-9-10-21(17(2)14-19)31-37(3,33)34/h4-15,25-26,31H,1-3H3,(H,30,36)/t25-,26-/m1/s1. The summed E-state index contributed by atoms with van der Waals surface area (Å²) in [6, 6.07) is 20.3. The molecule has 3 heterocycles. The lowest BCUT2D eigenvalue weighted by molar-refractivity contribution is 0.439. The summed E-state index contributed by atoms with van der Waals surface area (Å²) >= 11 is 12.2. The first-order valence-electron chi connectivity index (χ1n) is 11.6. The van der Waals surface area contributed by atoms with E-state index in [-0.39, 0.29) is 12.1 Å². The number of hydrogen-bond donors (Lipinski definition) is 2. The Morgan fingerprint density at radius 3 is 2.54 bits per heavy atom. The van der Waals surface area contributed by atoms with Crippen molar-refractivity contribution in [1.82, 2.24) is 10.3 Å². The number of nitrogens with one attached hydrogen (secondary N) is 2. The molecule has 0 bridgehead atoms. The van der Waals surface area contributed by atoms with Crippen molar-refractivity contribution < 1.29 is 12.8 Å². The number of anilines is 2. The second-order valence-electron chi connectivity index (χ2n) is 9.04. The van der Waals surface area contributed by atoms with Crippen LogP contribution in [0.25, 0.3) is 11.3 Å². The van der Waals surface area contributed by atoms with Crippen LogP contribution in [-0.4, -0.2) is 24.8 Å². The van der Waals surface area contributed by atoms with Crippen LogP contribution in [0, 0.1) is 13.8 Å². The fourth-order valence-electron chi connectivity index (χ4n) is 4.45. The molecule has 1 aliphatic rings. The van der Waals surface area contributed by atoms with Gasteiger partial charge in [-0.3, -0.25) is 9.71 Å². The average molecular weight is 553 g/mol. The van der Waals surface area contributed by atoms with E-state index in [0.29, 0.717) is 27.3 Å². The van der Waals surface area contributed by atoms with Gasteiger partial charge in [0.15, 0.2) is 5.11 Å². The Morgan fingerprint density at radius 1 is 1.05 bits per heavy atom. The number of nitrogens with zero attached hydrogens (tertiary/aromatic N) is 2. The normalized spacial score (nSPS) is 17.6. The van der Waals surface area contributed by atoms with Crippen molar-refractivity contribution in [2.75, 3.05) is 15.9 Å². The van der Waals surface area contributed by atoms with Crippen LogP contribution < -0.4 is 14.9 Å². The maximum atomic E-state index is 11.8. The SMILES string of the molecule is Cc1ccc(-c2ccc([C@@H]3[C@@H](c4ccccn4)NC(=S)N3c3ccc(NS(C)(=O)=O)c(C)c3)o2)cc1Cl. The van der Waals surface area contributed by atoms with Crippen molar-refractivity contribution in [3.05, 3.63) is 101 Å². The molecule has 1 aliphatic heterocycles. The number of pyridine rings is 1. The van der Waals surface area contributed by atoms with E-state index in [2.05, 4.69) is 15.0 Å². The highest BCUT2D eigenvalue weighted by molar-refractivity contribution is 7.92. The number of aromatic nitrogens is 1. The van der Waals surface area contributed by atoms with Crippen LogP contribution in [0.15, 0.2) is 77.3 Å². The maximum Gasteiger partial charge on any atom is 0.229 e. The highest BCUT2D eigenvalue weighted by atomic mass is 35.5. The lowest BCUT2D eigenvalue weighted by atomic mass is 10.0. The molecule has 0 aliphatic carbocycles. The van der Waals surface area contributed by atoms with Crippen LogP contribution in [0.4, 0.5) is 11.4 Å². The molecule has 2 aromatic heterocycles. The van der Waals surface area contributed by atoms with Crippen LogP contribution >= 0.6 is 23.8 Å². The third-order valence-corrected chi connectivity index (χ3v) is 7.57. The van der Waals surface area contributed by atoms with E-state index in [0.717, 1.165) is 34.3 Å². The molecule has 10 heteroatoms. The van der Waals surface area contributed by atoms with Gasteiger partial charge in [0.25, 0.3) is 0 Å². The van der Waals surface area contributed by atoms with E-state index < -0.39 is 10.0 Å². The monoisotopic (exact) mass is 552 g/mol. The molecule has 7 nitrogen and oxygen atoms in total. The summed E-state index contributed by atoms with van der Waals surface area (Å²) < 4.78 is 32.5. The predicted octanol–water partition coefficient (Wildman–Crippen LogP) is 6.16. The average Bonchev–Trinajstić information content (AvgIpc) is 3.46. The molecule has 37 heavy (non-hydrogen) atoms. The molecule has 0 spiro atoms. The smallest absolute Gasteiger partial charge is 0.229 e. The van der Waals surface area contributed by atoms with E-state index in [4.69, 9.17) is 28.2 Å². The minimum absolute atomic E-state index is 0.275. The van der Waals surface area contributed by atoms with Crippen molar-refractivity contribution >= 4 is 50.3 Å². The summed E-state index contributed by atoms with van der Waals surface area (Å²) in [6.45, 7) is 3.81. The lowest BCUT2D eigenvalue weighted by Crippen LogP contribution is -2.29. The van der Waals surface area contributed by atoms with Crippen LogP contribution in [0.3, 0.4) is 0 Å². The van der Waals surface area contributed by atoms with Gasteiger partial charge >= 0.3 is 0 Å². The highest BCUT2D eigenvalue weighted by Crippen LogP contribution is 2.43. The summed E-state index contributed by atoms with van der Waals surface area (Å²) in [6.07, 6.45) is 2.88. The second kappa shape index (κ2) is 9.81. The molecule has 0 saturated carbocycles. The summed E-state index contributed by atoms with van der Waals surface area (Å²) in [5.41, 5.74) is 4.77. The van der Waals surface area contributed by atoms with Crippen molar-refractivity contribution in [3.63, 3.8) is 0 Å². The van der Waals surface area contributed by atoms with Crippen LogP contribution in [0.2, 0.25) is 5.02 Å². The van der Waals surface area contributed by atoms with Crippen molar-refractivity contribution in [3.8, 4) is 11.3 Å². The number of furan rings is 1. The predicted molar refractivity (Wildman–Crippen MR) is 151 cm³/mol.